The zero-order valence-electron chi connectivity index (χ0n) is 12.4. The van der Waals surface area contributed by atoms with Crippen molar-refractivity contribution in [3.8, 4) is 22.8 Å². The van der Waals surface area contributed by atoms with Crippen molar-refractivity contribution in [2.45, 2.75) is 12.8 Å². The summed E-state index contributed by atoms with van der Waals surface area (Å²) in [5.74, 6) is 0.728. The lowest BCUT2D eigenvalue weighted by atomic mass is 10.1. The molecule has 0 saturated carbocycles. The summed E-state index contributed by atoms with van der Waals surface area (Å²) in [4.78, 5) is 22.1. The molecule has 0 bridgehead atoms. The zero-order valence-corrected chi connectivity index (χ0v) is 12.4. The Kier molecular flexibility index (Phi) is 3.25. The first-order chi connectivity index (χ1) is 11.2. The summed E-state index contributed by atoms with van der Waals surface area (Å²) in [5.41, 5.74) is 1.34. The van der Waals surface area contributed by atoms with Gasteiger partial charge in [-0.15, -0.1) is 0 Å². The Labute approximate surface area is 132 Å². The number of carbonyl (C=O) groups is 1. The van der Waals surface area contributed by atoms with Gasteiger partial charge in [-0.25, -0.2) is 14.8 Å². The fourth-order valence-electron chi connectivity index (χ4n) is 2.81. The average molecular weight is 313 g/mol. The van der Waals surface area contributed by atoms with Crippen LogP contribution < -0.4 is 14.4 Å². The monoisotopic (exact) mass is 313 g/mol. The second kappa shape index (κ2) is 5.42. The van der Waals surface area contributed by atoms with Crippen LogP contribution in [0.5, 0.6) is 11.5 Å². The zero-order chi connectivity index (χ0) is 15.8. The lowest BCUT2D eigenvalue weighted by Crippen LogP contribution is -2.21. The van der Waals surface area contributed by atoms with Gasteiger partial charge in [0, 0.05) is 18.7 Å². The Bertz CT molecular complexity index is 772. The van der Waals surface area contributed by atoms with E-state index in [9.17, 15) is 9.90 Å². The van der Waals surface area contributed by atoms with Crippen LogP contribution in [-0.4, -0.2) is 40.9 Å². The summed E-state index contributed by atoms with van der Waals surface area (Å²) in [7, 11) is 0. The minimum absolute atomic E-state index is 0.00503. The third-order valence-electron chi connectivity index (χ3n) is 3.99. The molecule has 3 heterocycles. The lowest BCUT2D eigenvalue weighted by Gasteiger charge is -2.16. The topological polar surface area (TPSA) is 84.8 Å². The van der Waals surface area contributed by atoms with E-state index in [-0.39, 0.29) is 12.5 Å². The van der Waals surface area contributed by atoms with Gasteiger partial charge in [0.25, 0.3) is 0 Å². The normalized spacial score (nSPS) is 15.9. The molecule has 1 fully saturated rings. The molecule has 7 heteroatoms. The van der Waals surface area contributed by atoms with E-state index in [4.69, 9.17) is 9.47 Å². The number of nitrogens with zero attached hydrogens (tertiary/aromatic N) is 3. The van der Waals surface area contributed by atoms with Gasteiger partial charge >= 0.3 is 5.97 Å². The number of rotatable bonds is 3. The van der Waals surface area contributed by atoms with E-state index in [1.54, 1.807) is 6.07 Å². The Balaban J connectivity index is 1.79. The largest absolute Gasteiger partial charge is 0.477 e. The molecular weight excluding hydrogens is 298 g/mol. The number of aromatic carboxylic acids is 1. The number of carboxylic acids is 1. The van der Waals surface area contributed by atoms with Crippen molar-refractivity contribution in [1.82, 2.24) is 9.97 Å². The molecule has 2 aliphatic rings. The smallest absolute Gasteiger partial charge is 0.354 e. The molecule has 0 atom stereocenters. The Morgan fingerprint density at radius 3 is 2.65 bits per heavy atom. The van der Waals surface area contributed by atoms with Gasteiger partial charge in [0.05, 0.1) is 5.69 Å². The minimum atomic E-state index is -1.06. The van der Waals surface area contributed by atoms with Crippen LogP contribution in [0.1, 0.15) is 23.3 Å². The van der Waals surface area contributed by atoms with Crippen molar-refractivity contribution < 1.29 is 19.4 Å². The number of ether oxygens (including phenoxy) is 2. The van der Waals surface area contributed by atoms with Crippen LogP contribution in [0.15, 0.2) is 24.3 Å². The highest BCUT2D eigenvalue weighted by Crippen LogP contribution is 2.36. The highest BCUT2D eigenvalue weighted by Gasteiger charge is 2.20. The van der Waals surface area contributed by atoms with Crippen molar-refractivity contribution in [3.05, 3.63) is 30.0 Å². The predicted molar refractivity (Wildman–Crippen MR) is 82.0 cm³/mol. The van der Waals surface area contributed by atoms with Crippen LogP contribution >= 0.6 is 0 Å². The molecule has 2 aromatic rings. The van der Waals surface area contributed by atoms with Crippen molar-refractivity contribution in [2.24, 2.45) is 0 Å². The average Bonchev–Trinajstić information content (AvgIpc) is 3.25. The van der Waals surface area contributed by atoms with Crippen LogP contribution in [-0.2, 0) is 0 Å². The number of aromatic nitrogens is 2. The molecule has 2 aliphatic heterocycles. The second-order valence-corrected chi connectivity index (χ2v) is 5.51. The maximum absolute atomic E-state index is 11.4. The van der Waals surface area contributed by atoms with Crippen LogP contribution in [0.2, 0.25) is 0 Å². The Morgan fingerprint density at radius 1 is 1.09 bits per heavy atom. The summed E-state index contributed by atoms with van der Waals surface area (Å²) < 4.78 is 10.7. The van der Waals surface area contributed by atoms with Crippen LogP contribution in [0.4, 0.5) is 5.95 Å². The van der Waals surface area contributed by atoms with Crippen molar-refractivity contribution in [1.29, 1.82) is 0 Å². The first-order valence-electron chi connectivity index (χ1n) is 7.48. The van der Waals surface area contributed by atoms with Crippen molar-refractivity contribution >= 4 is 11.9 Å². The molecule has 4 rings (SSSR count). The van der Waals surface area contributed by atoms with Gasteiger partial charge in [0.15, 0.2) is 17.2 Å². The Hall–Kier alpha value is -2.83. The molecule has 1 saturated heterocycles. The van der Waals surface area contributed by atoms with Gasteiger partial charge in [0.2, 0.25) is 12.7 Å². The summed E-state index contributed by atoms with van der Waals surface area (Å²) in [5, 5.41) is 9.32. The molecule has 1 aromatic carbocycles. The van der Waals surface area contributed by atoms with E-state index in [0.29, 0.717) is 23.1 Å². The summed E-state index contributed by atoms with van der Waals surface area (Å²) in [6.45, 7) is 1.90. The molecule has 0 radical (unpaired) electrons. The van der Waals surface area contributed by atoms with E-state index in [1.165, 1.54) is 6.07 Å². The summed E-state index contributed by atoms with van der Waals surface area (Å²) >= 11 is 0. The van der Waals surface area contributed by atoms with Gasteiger partial charge in [-0.1, -0.05) is 0 Å². The highest BCUT2D eigenvalue weighted by atomic mass is 16.7. The molecule has 1 aromatic heterocycles. The molecule has 1 N–H and O–H groups in total. The number of hydrogen-bond donors (Lipinski definition) is 1. The van der Waals surface area contributed by atoms with Crippen LogP contribution in [0.3, 0.4) is 0 Å². The third-order valence-corrected chi connectivity index (χ3v) is 3.99. The van der Waals surface area contributed by atoms with E-state index >= 15 is 0 Å². The number of anilines is 1. The number of benzene rings is 1. The lowest BCUT2D eigenvalue weighted by molar-refractivity contribution is 0.0690. The van der Waals surface area contributed by atoms with Gasteiger partial charge in [-0.3, -0.25) is 0 Å². The van der Waals surface area contributed by atoms with E-state index in [2.05, 4.69) is 9.97 Å². The van der Waals surface area contributed by atoms with E-state index in [1.807, 2.05) is 17.0 Å². The molecule has 0 aliphatic carbocycles. The highest BCUT2D eigenvalue weighted by molar-refractivity contribution is 5.87. The summed E-state index contributed by atoms with van der Waals surface area (Å²) in [6, 6.07) is 6.94. The Morgan fingerprint density at radius 2 is 1.87 bits per heavy atom. The quantitative estimate of drug-likeness (QED) is 0.929. The minimum Gasteiger partial charge on any atom is -0.477 e. The fraction of sp³-hybridized carbons (Fsp3) is 0.312. The standard InChI is InChI=1S/C16H15N3O4/c20-15(21)12-8-11(17-16(18-12)19-5-1-2-6-19)10-3-4-13-14(7-10)23-9-22-13/h3-4,7-8H,1-2,5-6,9H2,(H,20,21). The first-order valence-corrected chi connectivity index (χ1v) is 7.48. The van der Waals surface area contributed by atoms with Gasteiger partial charge in [-0.2, -0.15) is 0 Å². The van der Waals surface area contributed by atoms with Crippen molar-refractivity contribution in [3.63, 3.8) is 0 Å². The van der Waals surface area contributed by atoms with Crippen LogP contribution in [0.25, 0.3) is 11.3 Å². The van der Waals surface area contributed by atoms with E-state index in [0.717, 1.165) is 31.5 Å². The molecule has 23 heavy (non-hydrogen) atoms. The maximum atomic E-state index is 11.4. The predicted octanol–water partition coefficient (Wildman–Crippen LogP) is 2.17. The third kappa shape index (κ3) is 2.54. The molecular formula is C16H15N3O4. The molecule has 118 valence electrons. The SMILES string of the molecule is O=C(O)c1cc(-c2ccc3c(c2)OCO3)nc(N2CCCC2)n1. The first kappa shape index (κ1) is 13.8. The van der Waals surface area contributed by atoms with Gasteiger partial charge in [-0.05, 0) is 37.1 Å². The van der Waals surface area contributed by atoms with Gasteiger partial charge in [0.1, 0.15) is 0 Å². The van der Waals surface area contributed by atoms with E-state index < -0.39 is 5.97 Å². The number of fused-ring (bicyclic) bond motifs is 1. The number of carboxylic acid groups (broad SMARTS) is 1. The fourth-order valence-corrected chi connectivity index (χ4v) is 2.81. The second-order valence-electron chi connectivity index (χ2n) is 5.51. The van der Waals surface area contributed by atoms with Gasteiger partial charge < -0.3 is 19.5 Å². The van der Waals surface area contributed by atoms with Crippen molar-refractivity contribution in [2.75, 3.05) is 24.8 Å². The summed E-state index contributed by atoms with van der Waals surface area (Å²) in [6.07, 6.45) is 2.14. The molecule has 7 nitrogen and oxygen atoms in total. The number of hydrogen-bond acceptors (Lipinski definition) is 6. The molecule has 0 spiro atoms. The maximum Gasteiger partial charge on any atom is 0.354 e. The molecule has 0 unspecified atom stereocenters. The van der Waals surface area contributed by atoms with Crippen LogP contribution in [0, 0.1) is 0 Å². The molecule has 0 amide bonds.